The van der Waals surface area contributed by atoms with Crippen LogP contribution < -0.4 is 0 Å². The maximum absolute atomic E-state index is 11.1. The van der Waals surface area contributed by atoms with Gasteiger partial charge in [0.2, 0.25) is 0 Å². The summed E-state index contributed by atoms with van der Waals surface area (Å²) in [5.41, 5.74) is 0. The summed E-state index contributed by atoms with van der Waals surface area (Å²) in [4.78, 5) is 10.1. The zero-order valence-corrected chi connectivity index (χ0v) is 7.30. The molecule has 1 aliphatic heterocycles. The molecule has 64 valence electrons. The summed E-state index contributed by atoms with van der Waals surface area (Å²) in [6, 6.07) is 0. The van der Waals surface area contributed by atoms with Gasteiger partial charge >= 0.3 is 0 Å². The van der Waals surface area contributed by atoms with Crippen LogP contribution in [-0.4, -0.2) is 25.7 Å². The van der Waals surface area contributed by atoms with E-state index in [-0.39, 0.29) is 16.9 Å². The molecular weight excluding hydrogens is 164 g/mol. The minimum absolute atomic E-state index is 0.0764. The summed E-state index contributed by atoms with van der Waals surface area (Å²) in [6.07, 6.45) is 1.85. The predicted octanol–water partition coefficient (Wildman–Crippen LogP) is 0.399. The Morgan fingerprint density at radius 3 is 2.55 bits per heavy atom. The maximum Gasteiger partial charge on any atom is 0.153 e. The third kappa shape index (κ3) is 1.80. The summed E-state index contributed by atoms with van der Waals surface area (Å²) in [5.74, 6) is 0.278. The second kappa shape index (κ2) is 2.93. The van der Waals surface area contributed by atoms with E-state index in [1.807, 2.05) is 0 Å². The smallest absolute Gasteiger partial charge is 0.153 e. The van der Waals surface area contributed by atoms with Crippen LogP contribution in [0, 0.1) is 5.92 Å². The lowest BCUT2D eigenvalue weighted by Gasteiger charge is -1.98. The highest BCUT2D eigenvalue weighted by Crippen LogP contribution is 2.26. The van der Waals surface area contributed by atoms with Crippen molar-refractivity contribution in [1.82, 2.24) is 0 Å². The quantitative estimate of drug-likeness (QED) is 0.572. The molecule has 0 N–H and O–H groups in total. The molecule has 0 saturated carbocycles. The van der Waals surface area contributed by atoms with Gasteiger partial charge < -0.3 is 4.79 Å². The van der Waals surface area contributed by atoms with Crippen molar-refractivity contribution >= 4 is 16.1 Å². The first-order chi connectivity index (χ1) is 5.06. The van der Waals surface area contributed by atoms with Crippen molar-refractivity contribution in [2.75, 3.05) is 5.75 Å². The molecule has 0 radical (unpaired) electrons. The maximum atomic E-state index is 11.1. The first-order valence-electron chi connectivity index (χ1n) is 3.71. The Hall–Kier alpha value is -0.380. The fourth-order valence-electron chi connectivity index (χ4n) is 1.48. The van der Waals surface area contributed by atoms with Crippen molar-refractivity contribution in [2.45, 2.75) is 25.0 Å². The minimum Gasteiger partial charge on any atom is -0.303 e. The largest absolute Gasteiger partial charge is 0.303 e. The van der Waals surface area contributed by atoms with Gasteiger partial charge in [-0.2, -0.15) is 0 Å². The van der Waals surface area contributed by atoms with Crippen LogP contribution in [0.2, 0.25) is 0 Å². The topological polar surface area (TPSA) is 51.2 Å². The van der Waals surface area contributed by atoms with E-state index in [0.29, 0.717) is 12.8 Å². The molecule has 2 unspecified atom stereocenters. The van der Waals surface area contributed by atoms with E-state index < -0.39 is 9.84 Å². The van der Waals surface area contributed by atoms with E-state index in [1.165, 1.54) is 0 Å². The molecule has 3 nitrogen and oxygen atoms in total. The van der Waals surface area contributed by atoms with Crippen LogP contribution in [0.3, 0.4) is 0 Å². The number of aldehydes is 1. The van der Waals surface area contributed by atoms with Crippen LogP contribution in [0.15, 0.2) is 0 Å². The number of carbonyl (C=O) groups excluding carboxylic acids is 1. The molecule has 0 amide bonds. The van der Waals surface area contributed by atoms with Crippen LogP contribution in [-0.2, 0) is 14.6 Å². The summed E-state index contributed by atoms with van der Waals surface area (Å²) < 4.78 is 22.3. The average Bonchev–Trinajstić information content (AvgIpc) is 2.08. The van der Waals surface area contributed by atoms with Gasteiger partial charge in [-0.05, 0) is 19.3 Å². The highest BCUT2D eigenvalue weighted by Gasteiger charge is 2.34. The van der Waals surface area contributed by atoms with Gasteiger partial charge in [-0.25, -0.2) is 8.42 Å². The molecule has 0 aliphatic carbocycles. The first-order valence-corrected chi connectivity index (χ1v) is 5.43. The molecule has 1 rings (SSSR count). The van der Waals surface area contributed by atoms with Crippen molar-refractivity contribution in [3.63, 3.8) is 0 Å². The Labute approximate surface area is 66.7 Å². The van der Waals surface area contributed by atoms with Crippen LogP contribution >= 0.6 is 0 Å². The van der Waals surface area contributed by atoms with Crippen molar-refractivity contribution < 1.29 is 13.2 Å². The molecule has 4 heteroatoms. The molecule has 0 aromatic rings. The highest BCUT2D eigenvalue weighted by molar-refractivity contribution is 7.92. The van der Waals surface area contributed by atoms with E-state index in [4.69, 9.17) is 0 Å². The van der Waals surface area contributed by atoms with Crippen LogP contribution in [0.4, 0.5) is 0 Å². The van der Waals surface area contributed by atoms with Gasteiger partial charge in [-0.15, -0.1) is 0 Å². The summed E-state index contributed by atoms with van der Waals surface area (Å²) in [7, 11) is -2.86. The highest BCUT2D eigenvalue weighted by atomic mass is 32.2. The number of hydrogen-bond acceptors (Lipinski definition) is 3. The van der Waals surface area contributed by atoms with Crippen molar-refractivity contribution in [1.29, 1.82) is 0 Å². The zero-order chi connectivity index (χ0) is 8.48. The summed E-state index contributed by atoms with van der Waals surface area (Å²) >= 11 is 0. The summed E-state index contributed by atoms with van der Waals surface area (Å²) in [6.45, 7) is 1.71. The Balaban J connectivity index is 2.64. The second-order valence-electron chi connectivity index (χ2n) is 3.14. The zero-order valence-electron chi connectivity index (χ0n) is 6.49. The average molecular weight is 176 g/mol. The number of hydrogen-bond donors (Lipinski definition) is 0. The lowest BCUT2D eigenvalue weighted by atomic mass is 10.0. The number of rotatable bonds is 2. The fraction of sp³-hybridized carbons (Fsp3) is 0.857. The minimum atomic E-state index is -2.86. The van der Waals surface area contributed by atoms with E-state index in [0.717, 1.165) is 6.29 Å². The van der Waals surface area contributed by atoms with Gasteiger partial charge in [0.15, 0.2) is 9.84 Å². The fourth-order valence-corrected chi connectivity index (χ4v) is 3.30. The van der Waals surface area contributed by atoms with Gasteiger partial charge in [0.1, 0.15) is 6.29 Å². The van der Waals surface area contributed by atoms with Crippen LogP contribution in [0.1, 0.15) is 19.8 Å². The van der Waals surface area contributed by atoms with E-state index in [9.17, 15) is 13.2 Å². The molecule has 1 aliphatic rings. The Morgan fingerprint density at radius 2 is 2.18 bits per heavy atom. The monoisotopic (exact) mass is 176 g/mol. The van der Waals surface area contributed by atoms with E-state index in [2.05, 4.69) is 0 Å². The molecular formula is C7H12O3S. The Bertz CT molecular complexity index is 242. The molecule has 2 atom stereocenters. The van der Waals surface area contributed by atoms with Gasteiger partial charge in [0, 0.05) is 6.42 Å². The predicted molar refractivity (Wildman–Crippen MR) is 42.0 cm³/mol. The van der Waals surface area contributed by atoms with Crippen molar-refractivity contribution in [2.24, 2.45) is 5.92 Å². The van der Waals surface area contributed by atoms with E-state index in [1.54, 1.807) is 6.92 Å². The molecule has 1 heterocycles. The molecule has 0 aromatic carbocycles. The van der Waals surface area contributed by atoms with Gasteiger partial charge in [-0.3, -0.25) is 0 Å². The normalized spacial score (nSPS) is 35.4. The summed E-state index contributed by atoms with van der Waals surface area (Å²) in [5, 5.41) is -0.243. The molecule has 0 spiro atoms. The lowest BCUT2D eigenvalue weighted by molar-refractivity contribution is -0.108. The first kappa shape index (κ1) is 8.71. The van der Waals surface area contributed by atoms with E-state index >= 15 is 0 Å². The third-order valence-corrected chi connectivity index (χ3v) is 4.53. The Kier molecular flexibility index (Phi) is 2.32. The molecule has 0 bridgehead atoms. The van der Waals surface area contributed by atoms with Gasteiger partial charge in [-0.1, -0.05) is 0 Å². The molecule has 11 heavy (non-hydrogen) atoms. The SMILES string of the molecule is CC1CC(CC=O)CS1(=O)=O. The number of sulfone groups is 1. The second-order valence-corrected chi connectivity index (χ2v) is 5.61. The molecule has 1 fully saturated rings. The standard InChI is InChI=1S/C7H12O3S/c1-6-4-7(2-3-8)5-11(6,9)10/h3,6-7H,2,4-5H2,1H3. The Morgan fingerprint density at radius 1 is 1.55 bits per heavy atom. The molecule has 0 aromatic heterocycles. The van der Waals surface area contributed by atoms with Gasteiger partial charge in [0.05, 0.1) is 11.0 Å². The third-order valence-electron chi connectivity index (χ3n) is 2.18. The van der Waals surface area contributed by atoms with Crippen LogP contribution in [0.5, 0.6) is 0 Å². The molecule has 1 saturated heterocycles. The lowest BCUT2D eigenvalue weighted by Crippen LogP contribution is -2.10. The van der Waals surface area contributed by atoms with Crippen LogP contribution in [0.25, 0.3) is 0 Å². The van der Waals surface area contributed by atoms with Crippen molar-refractivity contribution in [3.8, 4) is 0 Å². The van der Waals surface area contributed by atoms with Crippen molar-refractivity contribution in [3.05, 3.63) is 0 Å². The number of carbonyl (C=O) groups is 1. The van der Waals surface area contributed by atoms with Gasteiger partial charge in [0.25, 0.3) is 0 Å².